The molecule has 7 nitrogen and oxygen atoms in total. The van der Waals surface area contributed by atoms with Crippen molar-refractivity contribution in [3.63, 3.8) is 0 Å². The van der Waals surface area contributed by atoms with Gasteiger partial charge < -0.3 is 4.74 Å². The first-order chi connectivity index (χ1) is 12.9. The molecule has 9 heteroatoms. The molecule has 1 aliphatic heterocycles. The second-order valence-electron chi connectivity index (χ2n) is 5.41. The molecule has 0 aromatic heterocycles. The van der Waals surface area contributed by atoms with Gasteiger partial charge in [-0.05, 0) is 35.9 Å². The second kappa shape index (κ2) is 7.68. The van der Waals surface area contributed by atoms with Crippen LogP contribution in [0.3, 0.4) is 0 Å². The number of esters is 1. The molecule has 2 aromatic carbocycles. The molecule has 0 radical (unpaired) electrons. The lowest BCUT2D eigenvalue weighted by Gasteiger charge is -2.14. The van der Waals surface area contributed by atoms with Gasteiger partial charge >= 0.3 is 5.97 Å². The van der Waals surface area contributed by atoms with E-state index < -0.39 is 10.9 Å². The number of rotatable bonds is 4. The molecule has 1 amide bonds. The van der Waals surface area contributed by atoms with E-state index in [1.54, 1.807) is 42.5 Å². The van der Waals surface area contributed by atoms with Crippen molar-refractivity contribution in [3.05, 3.63) is 74.7 Å². The monoisotopic (exact) mass is 400 g/mol. The van der Waals surface area contributed by atoms with Crippen molar-refractivity contribution in [2.75, 3.05) is 12.0 Å². The SMILES string of the molecule is COC(=O)c1ccc(N2C(=O)/C(=C/c3cccc([N+](=O)[O-])c3)SC2=S)cc1. The van der Waals surface area contributed by atoms with Crippen LogP contribution in [-0.2, 0) is 9.53 Å². The van der Waals surface area contributed by atoms with Gasteiger partial charge in [-0.25, -0.2) is 4.79 Å². The third-order valence-corrected chi connectivity index (χ3v) is 5.02. The smallest absolute Gasteiger partial charge is 0.337 e. The lowest BCUT2D eigenvalue weighted by atomic mass is 10.1. The quantitative estimate of drug-likeness (QED) is 0.254. The fourth-order valence-electron chi connectivity index (χ4n) is 2.43. The number of nitro groups is 1. The predicted molar refractivity (Wildman–Crippen MR) is 107 cm³/mol. The Hall–Kier alpha value is -3.04. The number of hydrogen-bond acceptors (Lipinski definition) is 7. The number of non-ortho nitro benzene ring substituents is 1. The Morgan fingerprint density at radius 3 is 2.59 bits per heavy atom. The number of amides is 1. The highest BCUT2D eigenvalue weighted by Gasteiger charge is 2.33. The zero-order chi connectivity index (χ0) is 19.6. The number of nitrogens with zero attached hydrogens (tertiary/aromatic N) is 2. The van der Waals surface area contributed by atoms with Gasteiger partial charge in [-0.1, -0.05) is 36.1 Å². The van der Waals surface area contributed by atoms with Gasteiger partial charge in [0.25, 0.3) is 11.6 Å². The molecule has 0 bridgehead atoms. The normalized spacial score (nSPS) is 15.3. The molecule has 1 fully saturated rings. The summed E-state index contributed by atoms with van der Waals surface area (Å²) in [4.78, 5) is 36.4. The lowest BCUT2D eigenvalue weighted by molar-refractivity contribution is -0.384. The number of methoxy groups -OCH3 is 1. The minimum absolute atomic E-state index is 0.0578. The van der Waals surface area contributed by atoms with Gasteiger partial charge in [0.15, 0.2) is 4.32 Å². The van der Waals surface area contributed by atoms with Crippen molar-refractivity contribution in [1.82, 2.24) is 0 Å². The van der Waals surface area contributed by atoms with Gasteiger partial charge in [0.2, 0.25) is 0 Å². The summed E-state index contributed by atoms with van der Waals surface area (Å²) in [6.07, 6.45) is 1.56. The topological polar surface area (TPSA) is 89.8 Å². The standard InChI is InChI=1S/C18H12N2O5S2/c1-25-17(22)12-5-7-13(8-6-12)19-16(21)15(27-18(19)26)10-11-3-2-4-14(9-11)20(23)24/h2-10H,1H3/b15-10-. The number of carbonyl (C=O) groups excluding carboxylic acids is 2. The number of ether oxygens (including phenoxy) is 1. The molecule has 1 aliphatic rings. The molecular weight excluding hydrogens is 388 g/mol. The highest BCUT2D eigenvalue weighted by molar-refractivity contribution is 8.27. The molecule has 0 spiro atoms. The van der Waals surface area contributed by atoms with Crippen LogP contribution in [0.15, 0.2) is 53.4 Å². The summed E-state index contributed by atoms with van der Waals surface area (Å²) >= 11 is 6.40. The molecule has 0 aliphatic carbocycles. The number of hydrogen-bond donors (Lipinski definition) is 0. The van der Waals surface area contributed by atoms with Crippen molar-refractivity contribution >= 4 is 57.6 Å². The van der Waals surface area contributed by atoms with Gasteiger partial charge in [0, 0.05) is 12.1 Å². The fourth-order valence-corrected chi connectivity index (χ4v) is 3.73. The predicted octanol–water partition coefficient (Wildman–Crippen LogP) is 3.79. The summed E-state index contributed by atoms with van der Waals surface area (Å²) in [6, 6.07) is 12.3. The van der Waals surface area contributed by atoms with E-state index in [4.69, 9.17) is 12.2 Å². The van der Waals surface area contributed by atoms with E-state index in [0.29, 0.717) is 26.0 Å². The van der Waals surface area contributed by atoms with Crippen molar-refractivity contribution < 1.29 is 19.2 Å². The zero-order valence-corrected chi connectivity index (χ0v) is 15.6. The first kappa shape index (κ1) is 18.7. The van der Waals surface area contributed by atoms with Gasteiger partial charge in [0.1, 0.15) is 0 Å². The summed E-state index contributed by atoms with van der Waals surface area (Å²) in [6.45, 7) is 0. The Morgan fingerprint density at radius 1 is 1.26 bits per heavy atom. The molecule has 2 aromatic rings. The van der Waals surface area contributed by atoms with Gasteiger partial charge in [-0.2, -0.15) is 0 Å². The van der Waals surface area contributed by atoms with Crippen LogP contribution in [0.2, 0.25) is 0 Å². The third-order valence-electron chi connectivity index (χ3n) is 3.72. The zero-order valence-electron chi connectivity index (χ0n) is 13.9. The Balaban J connectivity index is 1.88. The lowest BCUT2D eigenvalue weighted by Crippen LogP contribution is -2.27. The molecule has 0 atom stereocenters. The summed E-state index contributed by atoms with van der Waals surface area (Å²) < 4.78 is 4.98. The highest BCUT2D eigenvalue weighted by atomic mass is 32.2. The van der Waals surface area contributed by atoms with Crippen LogP contribution in [-0.4, -0.2) is 28.2 Å². The highest BCUT2D eigenvalue weighted by Crippen LogP contribution is 2.36. The minimum Gasteiger partial charge on any atom is -0.465 e. The van der Waals surface area contributed by atoms with Gasteiger partial charge in [0.05, 0.1) is 28.2 Å². The molecule has 0 N–H and O–H groups in total. The van der Waals surface area contributed by atoms with Crippen LogP contribution in [0, 0.1) is 10.1 Å². The molecule has 27 heavy (non-hydrogen) atoms. The molecule has 3 rings (SSSR count). The van der Waals surface area contributed by atoms with Gasteiger partial charge in [-0.3, -0.25) is 19.8 Å². The number of thioether (sulfide) groups is 1. The number of carbonyl (C=O) groups is 2. The molecule has 0 saturated carbocycles. The maximum atomic E-state index is 12.7. The largest absolute Gasteiger partial charge is 0.465 e. The molecular formula is C18H12N2O5S2. The fraction of sp³-hybridized carbons (Fsp3) is 0.0556. The van der Waals surface area contributed by atoms with Crippen LogP contribution in [0.5, 0.6) is 0 Å². The summed E-state index contributed by atoms with van der Waals surface area (Å²) in [7, 11) is 1.29. The number of benzene rings is 2. The third kappa shape index (κ3) is 3.88. The van der Waals surface area contributed by atoms with Gasteiger partial charge in [-0.15, -0.1) is 0 Å². The van der Waals surface area contributed by atoms with Crippen LogP contribution >= 0.6 is 24.0 Å². The average molecular weight is 400 g/mol. The molecule has 1 saturated heterocycles. The van der Waals surface area contributed by atoms with Crippen LogP contribution in [0.25, 0.3) is 6.08 Å². The number of thiocarbonyl (C=S) groups is 1. The van der Waals surface area contributed by atoms with E-state index in [1.807, 2.05) is 0 Å². The molecule has 136 valence electrons. The van der Waals surface area contributed by atoms with Crippen molar-refractivity contribution in [2.45, 2.75) is 0 Å². The summed E-state index contributed by atoms with van der Waals surface area (Å²) in [5.41, 5.74) is 1.36. The second-order valence-corrected chi connectivity index (χ2v) is 7.08. The minimum atomic E-state index is -0.495. The first-order valence-electron chi connectivity index (χ1n) is 7.61. The Kier molecular flexibility index (Phi) is 5.33. The Morgan fingerprint density at radius 2 is 1.96 bits per heavy atom. The van der Waals surface area contributed by atoms with Crippen LogP contribution in [0.4, 0.5) is 11.4 Å². The van der Waals surface area contributed by atoms with Crippen LogP contribution in [0.1, 0.15) is 15.9 Å². The average Bonchev–Trinajstić information content (AvgIpc) is 2.94. The van der Waals surface area contributed by atoms with E-state index in [9.17, 15) is 19.7 Å². The molecule has 1 heterocycles. The molecule has 0 unspecified atom stereocenters. The van der Waals surface area contributed by atoms with Crippen molar-refractivity contribution in [2.24, 2.45) is 0 Å². The number of anilines is 1. The van der Waals surface area contributed by atoms with E-state index in [1.165, 1.54) is 24.1 Å². The maximum Gasteiger partial charge on any atom is 0.337 e. The Labute approximate surface area is 163 Å². The number of nitro benzene ring substituents is 1. The Bertz CT molecular complexity index is 986. The van der Waals surface area contributed by atoms with Crippen LogP contribution < -0.4 is 4.90 Å². The van der Waals surface area contributed by atoms with E-state index >= 15 is 0 Å². The van der Waals surface area contributed by atoms with E-state index in [2.05, 4.69) is 4.74 Å². The summed E-state index contributed by atoms with van der Waals surface area (Å²) in [5.74, 6) is -0.806. The first-order valence-corrected chi connectivity index (χ1v) is 8.84. The van der Waals surface area contributed by atoms with E-state index in [0.717, 1.165) is 11.8 Å². The van der Waals surface area contributed by atoms with Crippen molar-refractivity contribution in [1.29, 1.82) is 0 Å². The summed E-state index contributed by atoms with van der Waals surface area (Å²) in [5, 5.41) is 10.9. The maximum absolute atomic E-state index is 12.7. The van der Waals surface area contributed by atoms with E-state index in [-0.39, 0.29) is 11.6 Å². The van der Waals surface area contributed by atoms with Crippen molar-refractivity contribution in [3.8, 4) is 0 Å².